The average molecular weight is 377 g/mol. The Morgan fingerprint density at radius 3 is 3.17 bits per heavy atom. The topological polar surface area (TPSA) is 151 Å². The molecule has 13 heteroatoms. The Hall–Kier alpha value is -1.01. The Morgan fingerprint density at radius 1 is 1.74 bits per heavy atom. The lowest BCUT2D eigenvalue weighted by molar-refractivity contribution is -0.178. The number of ether oxygens (including phenoxy) is 1. The molecule has 126 valence electrons. The maximum atomic E-state index is 11.8. The van der Waals surface area contributed by atoms with E-state index in [1.165, 1.54) is 10.9 Å². The normalized spacial score (nSPS) is 27.3. The SMILES string of the molecule is Nc1nc2c(ncn2[C@H]2C[C@H](O)[C@@H](COP([O-])(=S)[S-])O2)c(=O)[nH]1. The Balaban J connectivity index is 1.84. The minimum atomic E-state index is -3.49. The molecule has 0 amide bonds. The highest BCUT2D eigenvalue weighted by Crippen LogP contribution is 2.37. The van der Waals surface area contributed by atoms with E-state index in [4.69, 9.17) is 15.0 Å². The number of nitrogens with two attached hydrogens (primary N) is 1. The second-order valence-corrected chi connectivity index (χ2v) is 9.68. The van der Waals surface area contributed by atoms with E-state index in [0.717, 1.165) is 0 Å². The summed E-state index contributed by atoms with van der Waals surface area (Å²) in [5, 5.41) is 10.0. The molecule has 0 spiro atoms. The molecule has 4 atom stereocenters. The van der Waals surface area contributed by atoms with Gasteiger partial charge >= 0.3 is 0 Å². The number of nitrogens with one attached hydrogen (secondary N) is 1. The molecule has 2 aromatic heterocycles. The zero-order chi connectivity index (χ0) is 16.8. The van der Waals surface area contributed by atoms with Crippen molar-refractivity contribution in [2.75, 3.05) is 12.3 Å². The van der Waals surface area contributed by atoms with Gasteiger partial charge in [-0.3, -0.25) is 14.3 Å². The molecule has 0 bridgehead atoms. The summed E-state index contributed by atoms with van der Waals surface area (Å²) in [6.07, 6.45) is -0.693. The van der Waals surface area contributed by atoms with E-state index >= 15 is 0 Å². The highest BCUT2D eigenvalue weighted by atomic mass is 32.9. The van der Waals surface area contributed by atoms with Gasteiger partial charge in [0.05, 0.1) is 19.0 Å². The molecule has 1 aliphatic heterocycles. The largest absolute Gasteiger partial charge is 0.819 e. The lowest BCUT2D eigenvalue weighted by atomic mass is 10.2. The van der Waals surface area contributed by atoms with Crippen molar-refractivity contribution in [3.8, 4) is 0 Å². The molecule has 10 nitrogen and oxygen atoms in total. The summed E-state index contributed by atoms with van der Waals surface area (Å²) in [6.45, 7) is -0.190. The van der Waals surface area contributed by atoms with Crippen LogP contribution in [-0.2, 0) is 33.3 Å². The predicted octanol–water partition coefficient (Wildman–Crippen LogP) is -1.50. The van der Waals surface area contributed by atoms with Gasteiger partial charge in [0.1, 0.15) is 12.3 Å². The van der Waals surface area contributed by atoms with Crippen LogP contribution in [0.5, 0.6) is 0 Å². The molecule has 3 rings (SSSR count). The van der Waals surface area contributed by atoms with Gasteiger partial charge in [0.15, 0.2) is 11.2 Å². The molecule has 23 heavy (non-hydrogen) atoms. The van der Waals surface area contributed by atoms with Crippen LogP contribution in [0.1, 0.15) is 12.6 Å². The standard InChI is InChI=1S/C10H14N5O5PS2/c11-10-13-8-7(9(17)14-10)12-3-15(8)6-1-4(16)5(20-6)2-19-21(18,22)23/h3-6,16H,1-2H2,(H2,18,22,23)(H3,11,13,14,17)/p-2/t4-,5+,6+/m0/s1. The van der Waals surface area contributed by atoms with Crippen LogP contribution >= 0.6 is 5.69 Å². The summed E-state index contributed by atoms with van der Waals surface area (Å²) >= 11 is 8.99. The van der Waals surface area contributed by atoms with Gasteiger partial charge in [0.2, 0.25) is 5.95 Å². The summed E-state index contributed by atoms with van der Waals surface area (Å²) in [5.74, 6) is -0.0548. The van der Waals surface area contributed by atoms with Crippen molar-refractivity contribution < 1.29 is 19.3 Å². The van der Waals surface area contributed by atoms with E-state index in [2.05, 4.69) is 39.0 Å². The number of anilines is 1. The van der Waals surface area contributed by atoms with Crippen molar-refractivity contribution in [2.45, 2.75) is 24.9 Å². The Labute approximate surface area is 140 Å². The third-order valence-corrected chi connectivity index (χ3v) is 4.46. The van der Waals surface area contributed by atoms with Gasteiger partial charge in [-0.2, -0.15) is 4.98 Å². The molecule has 1 aliphatic rings. The maximum absolute atomic E-state index is 11.8. The van der Waals surface area contributed by atoms with Crippen LogP contribution in [0.4, 0.5) is 5.95 Å². The fourth-order valence-electron chi connectivity index (χ4n) is 2.35. The molecule has 3 heterocycles. The summed E-state index contributed by atoms with van der Waals surface area (Å²) < 4.78 is 12.0. The first-order chi connectivity index (χ1) is 10.7. The Bertz CT molecular complexity index is 835. The first-order valence-electron chi connectivity index (χ1n) is 6.47. The first kappa shape index (κ1) is 16.8. The number of H-pyrrole nitrogens is 1. The number of aromatic amines is 1. The van der Waals surface area contributed by atoms with Gasteiger partial charge in [-0.05, 0) is 0 Å². The van der Waals surface area contributed by atoms with E-state index in [0.29, 0.717) is 0 Å². The predicted molar refractivity (Wildman–Crippen MR) is 84.7 cm³/mol. The maximum Gasteiger partial charge on any atom is 0.280 e. The van der Waals surface area contributed by atoms with Gasteiger partial charge in [-0.15, -0.1) is 17.5 Å². The molecule has 0 saturated carbocycles. The number of rotatable bonds is 4. The van der Waals surface area contributed by atoms with Crippen LogP contribution < -0.4 is 16.2 Å². The number of nitrogen functional groups attached to an aromatic ring is 1. The van der Waals surface area contributed by atoms with Gasteiger partial charge in [-0.1, -0.05) is 0 Å². The molecule has 4 N–H and O–H groups in total. The average Bonchev–Trinajstić information content (AvgIpc) is 2.99. The highest BCUT2D eigenvalue weighted by molar-refractivity contribution is 8.50. The van der Waals surface area contributed by atoms with Crippen molar-refractivity contribution in [1.82, 2.24) is 19.5 Å². The van der Waals surface area contributed by atoms with Gasteiger partial charge in [-0.25, -0.2) is 4.98 Å². The summed E-state index contributed by atoms with van der Waals surface area (Å²) in [7, 11) is 0. The van der Waals surface area contributed by atoms with Crippen LogP contribution in [0, 0.1) is 0 Å². The fraction of sp³-hybridized carbons (Fsp3) is 0.500. The number of nitrogens with zero attached hydrogens (tertiary/aromatic N) is 3. The second kappa shape index (κ2) is 6.13. The summed E-state index contributed by atoms with van der Waals surface area (Å²) in [4.78, 5) is 33.3. The summed E-state index contributed by atoms with van der Waals surface area (Å²) in [6, 6.07) is 0. The fourth-order valence-corrected chi connectivity index (χ4v) is 3.05. The van der Waals surface area contributed by atoms with Crippen molar-refractivity contribution >= 4 is 46.9 Å². The number of hydrogen-bond acceptors (Lipinski definition) is 10. The molecule has 0 radical (unpaired) electrons. The number of hydrogen-bond donors (Lipinski definition) is 3. The minimum Gasteiger partial charge on any atom is -0.819 e. The van der Waals surface area contributed by atoms with E-state index in [9.17, 15) is 14.8 Å². The highest BCUT2D eigenvalue weighted by Gasteiger charge is 2.36. The number of aliphatic hydroxyl groups is 1. The summed E-state index contributed by atoms with van der Waals surface area (Å²) in [5.41, 5.74) is 1.91. The van der Waals surface area contributed by atoms with E-state index in [1.807, 2.05) is 0 Å². The zero-order valence-corrected chi connectivity index (χ0v) is 14.0. The smallest absolute Gasteiger partial charge is 0.280 e. The van der Waals surface area contributed by atoms with Crippen molar-refractivity contribution in [2.24, 2.45) is 0 Å². The van der Waals surface area contributed by atoms with Crippen molar-refractivity contribution in [3.05, 3.63) is 16.7 Å². The second-order valence-electron chi connectivity index (χ2n) is 4.95. The number of aromatic nitrogens is 4. The molecule has 1 fully saturated rings. The Kier molecular flexibility index (Phi) is 4.49. The van der Waals surface area contributed by atoms with Gasteiger partial charge in [0.25, 0.3) is 5.56 Å². The first-order valence-corrected chi connectivity index (χ1v) is 10.1. The minimum absolute atomic E-state index is 0.0548. The third-order valence-electron chi connectivity index (χ3n) is 3.36. The monoisotopic (exact) mass is 377 g/mol. The van der Waals surface area contributed by atoms with Crippen molar-refractivity contribution in [1.29, 1.82) is 0 Å². The van der Waals surface area contributed by atoms with E-state index < -0.39 is 29.7 Å². The number of imidazole rings is 1. The van der Waals surface area contributed by atoms with E-state index in [1.54, 1.807) is 0 Å². The van der Waals surface area contributed by atoms with Crippen LogP contribution in [0.3, 0.4) is 0 Å². The van der Waals surface area contributed by atoms with Crippen molar-refractivity contribution in [3.63, 3.8) is 0 Å². The molecule has 1 saturated heterocycles. The number of aliphatic hydroxyl groups excluding tert-OH is 1. The lowest BCUT2D eigenvalue weighted by Gasteiger charge is -2.36. The molecule has 0 aliphatic carbocycles. The van der Waals surface area contributed by atoms with E-state index in [-0.39, 0.29) is 30.1 Å². The van der Waals surface area contributed by atoms with Crippen LogP contribution in [-0.4, -0.2) is 43.4 Å². The molecule has 1 unspecified atom stereocenters. The number of fused-ring (bicyclic) bond motifs is 1. The van der Waals surface area contributed by atoms with Gasteiger partial charge in [0, 0.05) is 6.42 Å². The molecular formula is C10H12N5O5PS2-2. The lowest BCUT2D eigenvalue weighted by Crippen LogP contribution is -2.26. The third kappa shape index (κ3) is 3.58. The molecule has 0 aromatic carbocycles. The van der Waals surface area contributed by atoms with Crippen LogP contribution in [0.25, 0.3) is 11.2 Å². The van der Waals surface area contributed by atoms with Crippen LogP contribution in [0.15, 0.2) is 11.1 Å². The van der Waals surface area contributed by atoms with Gasteiger partial charge < -0.3 is 37.2 Å². The quantitative estimate of drug-likeness (QED) is 0.424. The Morgan fingerprint density at radius 2 is 2.48 bits per heavy atom. The van der Waals surface area contributed by atoms with Crippen LogP contribution in [0.2, 0.25) is 0 Å². The zero-order valence-electron chi connectivity index (χ0n) is 11.5. The molecule has 2 aromatic rings. The molecular weight excluding hydrogens is 365 g/mol.